The molecule has 0 radical (unpaired) electrons. The van der Waals surface area contributed by atoms with Gasteiger partial charge in [-0.2, -0.15) is 4.52 Å². The van der Waals surface area contributed by atoms with Crippen LogP contribution in [-0.2, 0) is 0 Å². The Kier molecular flexibility index (Phi) is 1.79. The van der Waals surface area contributed by atoms with Gasteiger partial charge in [0.2, 0.25) is 0 Å². The first kappa shape index (κ1) is 9.08. The van der Waals surface area contributed by atoms with Crippen molar-refractivity contribution in [1.29, 1.82) is 0 Å². The summed E-state index contributed by atoms with van der Waals surface area (Å²) >= 11 is 0. The number of nitrogens with zero attached hydrogens (tertiary/aromatic N) is 4. The summed E-state index contributed by atoms with van der Waals surface area (Å²) in [6.45, 7) is 0. The number of carboxylic acids is 1. The monoisotopic (exact) mass is 219 g/mol. The van der Waals surface area contributed by atoms with Crippen LogP contribution in [0.4, 0.5) is 5.82 Å². The molecule has 0 saturated heterocycles. The average Bonchev–Trinajstić information content (AvgIpc) is 2.96. The summed E-state index contributed by atoms with van der Waals surface area (Å²) in [6.07, 6.45) is 2.27. The molecular formula is C9H9N5O2. The maximum atomic E-state index is 10.8. The second-order valence-electron chi connectivity index (χ2n) is 3.74. The predicted molar refractivity (Wildman–Crippen MR) is 54.4 cm³/mol. The largest absolute Gasteiger partial charge is 0.475 e. The summed E-state index contributed by atoms with van der Waals surface area (Å²) in [7, 11) is 0. The van der Waals surface area contributed by atoms with E-state index in [9.17, 15) is 4.79 Å². The molecule has 2 heterocycles. The third-order valence-corrected chi connectivity index (χ3v) is 2.38. The van der Waals surface area contributed by atoms with E-state index in [-0.39, 0.29) is 5.82 Å². The van der Waals surface area contributed by atoms with Crippen LogP contribution in [0.3, 0.4) is 0 Å². The predicted octanol–water partition coefficient (Wildman–Crippen LogP) is 0.397. The standard InChI is InChI=1S/C9H9N5O2/c15-9(16)8-12-11-7-4-3-6(13-14(7)8)10-5-1-2-5/h3-5H,1-2H2,(H,10,13)(H,15,16). The number of aromatic carboxylic acids is 1. The van der Waals surface area contributed by atoms with Gasteiger partial charge in [-0.1, -0.05) is 0 Å². The zero-order chi connectivity index (χ0) is 11.1. The van der Waals surface area contributed by atoms with Crippen molar-refractivity contribution >= 4 is 17.4 Å². The van der Waals surface area contributed by atoms with E-state index in [1.54, 1.807) is 12.1 Å². The summed E-state index contributed by atoms with van der Waals surface area (Å²) in [5, 5.41) is 23.5. The van der Waals surface area contributed by atoms with E-state index in [1.165, 1.54) is 4.52 Å². The van der Waals surface area contributed by atoms with Crippen molar-refractivity contribution in [2.24, 2.45) is 0 Å². The Morgan fingerprint density at radius 1 is 1.44 bits per heavy atom. The summed E-state index contributed by atoms with van der Waals surface area (Å²) in [6, 6.07) is 3.93. The molecule has 2 aromatic rings. The van der Waals surface area contributed by atoms with Gasteiger partial charge in [0.1, 0.15) is 5.82 Å². The molecule has 16 heavy (non-hydrogen) atoms. The molecule has 0 bridgehead atoms. The average molecular weight is 219 g/mol. The van der Waals surface area contributed by atoms with E-state index in [4.69, 9.17) is 5.11 Å². The van der Waals surface area contributed by atoms with Gasteiger partial charge in [-0.15, -0.1) is 15.3 Å². The van der Waals surface area contributed by atoms with Crippen LogP contribution in [0.5, 0.6) is 0 Å². The van der Waals surface area contributed by atoms with Gasteiger partial charge in [0.25, 0.3) is 5.82 Å². The number of anilines is 1. The van der Waals surface area contributed by atoms with E-state index >= 15 is 0 Å². The van der Waals surface area contributed by atoms with Gasteiger partial charge in [0.05, 0.1) is 0 Å². The van der Waals surface area contributed by atoms with E-state index in [1.807, 2.05) is 0 Å². The van der Waals surface area contributed by atoms with Gasteiger partial charge in [0, 0.05) is 6.04 Å². The highest BCUT2D eigenvalue weighted by molar-refractivity contribution is 5.84. The van der Waals surface area contributed by atoms with Gasteiger partial charge in [0.15, 0.2) is 5.65 Å². The Morgan fingerprint density at radius 2 is 2.25 bits per heavy atom. The van der Waals surface area contributed by atoms with Crippen molar-refractivity contribution in [1.82, 2.24) is 19.8 Å². The van der Waals surface area contributed by atoms with Gasteiger partial charge in [-0.3, -0.25) is 0 Å². The Bertz CT molecular complexity index is 560. The summed E-state index contributed by atoms with van der Waals surface area (Å²) in [5.74, 6) is -0.657. The van der Waals surface area contributed by atoms with Crippen molar-refractivity contribution in [3.05, 3.63) is 18.0 Å². The minimum absolute atomic E-state index is 0.172. The maximum Gasteiger partial charge on any atom is 0.375 e. The molecule has 1 aliphatic rings. The van der Waals surface area contributed by atoms with Crippen LogP contribution in [-0.4, -0.2) is 36.9 Å². The summed E-state index contributed by atoms with van der Waals surface area (Å²) in [5.41, 5.74) is 0.429. The molecule has 82 valence electrons. The second-order valence-corrected chi connectivity index (χ2v) is 3.74. The summed E-state index contributed by atoms with van der Waals surface area (Å²) in [4.78, 5) is 10.8. The number of carbonyl (C=O) groups is 1. The van der Waals surface area contributed by atoms with E-state index < -0.39 is 5.97 Å². The fourth-order valence-corrected chi connectivity index (χ4v) is 1.44. The lowest BCUT2D eigenvalue weighted by Crippen LogP contribution is -2.09. The number of aromatic nitrogens is 4. The van der Waals surface area contributed by atoms with Crippen LogP contribution in [0.2, 0.25) is 0 Å². The highest BCUT2D eigenvalue weighted by atomic mass is 16.4. The molecule has 0 aliphatic heterocycles. The zero-order valence-corrected chi connectivity index (χ0v) is 8.29. The molecule has 0 atom stereocenters. The lowest BCUT2D eigenvalue weighted by atomic mass is 10.5. The molecule has 1 fully saturated rings. The Labute approximate surface area is 90.1 Å². The van der Waals surface area contributed by atoms with Gasteiger partial charge < -0.3 is 10.4 Å². The van der Waals surface area contributed by atoms with Crippen molar-refractivity contribution in [2.45, 2.75) is 18.9 Å². The van der Waals surface area contributed by atoms with E-state index in [0.717, 1.165) is 12.8 Å². The smallest absolute Gasteiger partial charge is 0.375 e. The fourth-order valence-electron chi connectivity index (χ4n) is 1.44. The minimum atomic E-state index is -1.14. The number of hydrogen-bond acceptors (Lipinski definition) is 5. The van der Waals surface area contributed by atoms with Crippen LogP contribution in [0.25, 0.3) is 5.65 Å². The first-order chi connectivity index (χ1) is 7.74. The molecule has 0 unspecified atom stereocenters. The Hall–Kier alpha value is -2.18. The van der Waals surface area contributed by atoms with Crippen molar-refractivity contribution in [2.75, 3.05) is 5.32 Å². The minimum Gasteiger partial charge on any atom is -0.475 e. The third kappa shape index (κ3) is 1.46. The van der Waals surface area contributed by atoms with Crippen LogP contribution in [0.15, 0.2) is 12.1 Å². The molecular weight excluding hydrogens is 210 g/mol. The second kappa shape index (κ2) is 3.16. The molecule has 3 rings (SSSR count). The van der Waals surface area contributed by atoms with E-state index in [2.05, 4.69) is 20.6 Å². The van der Waals surface area contributed by atoms with Crippen LogP contribution < -0.4 is 5.32 Å². The van der Waals surface area contributed by atoms with Crippen molar-refractivity contribution in [3.8, 4) is 0 Å². The number of carboxylic acid groups (broad SMARTS) is 1. The van der Waals surface area contributed by atoms with Crippen LogP contribution >= 0.6 is 0 Å². The lowest BCUT2D eigenvalue weighted by Gasteiger charge is -2.02. The number of nitrogens with one attached hydrogen (secondary N) is 1. The molecule has 2 aromatic heterocycles. The quantitative estimate of drug-likeness (QED) is 0.776. The van der Waals surface area contributed by atoms with Gasteiger partial charge in [-0.05, 0) is 25.0 Å². The lowest BCUT2D eigenvalue weighted by molar-refractivity contribution is 0.0680. The molecule has 0 spiro atoms. The Balaban J connectivity index is 2.05. The molecule has 0 aromatic carbocycles. The highest BCUT2D eigenvalue weighted by Crippen LogP contribution is 2.23. The normalized spacial score (nSPS) is 15.2. The summed E-state index contributed by atoms with van der Waals surface area (Å²) < 4.78 is 1.23. The van der Waals surface area contributed by atoms with Crippen LogP contribution in [0.1, 0.15) is 23.5 Å². The van der Waals surface area contributed by atoms with Crippen molar-refractivity contribution in [3.63, 3.8) is 0 Å². The molecule has 0 amide bonds. The first-order valence-electron chi connectivity index (χ1n) is 4.96. The highest BCUT2D eigenvalue weighted by Gasteiger charge is 2.22. The number of hydrogen-bond donors (Lipinski definition) is 2. The first-order valence-corrected chi connectivity index (χ1v) is 4.96. The fraction of sp³-hybridized carbons (Fsp3) is 0.333. The zero-order valence-electron chi connectivity index (χ0n) is 8.29. The van der Waals surface area contributed by atoms with E-state index in [0.29, 0.717) is 17.5 Å². The molecule has 7 heteroatoms. The topological polar surface area (TPSA) is 92.4 Å². The third-order valence-electron chi connectivity index (χ3n) is 2.38. The van der Waals surface area contributed by atoms with Crippen LogP contribution in [0, 0.1) is 0 Å². The maximum absolute atomic E-state index is 10.8. The SMILES string of the molecule is O=C(O)c1nnc2ccc(NC3CC3)nn12. The molecule has 2 N–H and O–H groups in total. The molecule has 1 saturated carbocycles. The molecule has 7 nitrogen and oxygen atoms in total. The number of rotatable bonds is 3. The van der Waals surface area contributed by atoms with Crippen molar-refractivity contribution < 1.29 is 9.90 Å². The number of fused-ring (bicyclic) bond motifs is 1. The van der Waals surface area contributed by atoms with Gasteiger partial charge in [-0.25, -0.2) is 4.79 Å². The van der Waals surface area contributed by atoms with Gasteiger partial charge >= 0.3 is 5.97 Å². The Morgan fingerprint density at radius 3 is 2.94 bits per heavy atom. The molecule has 1 aliphatic carbocycles.